The molecule has 4 aromatic rings. The van der Waals surface area contributed by atoms with Crippen LogP contribution in [0.15, 0.2) is 79.0 Å². The largest absolute Gasteiger partial charge is 0.494 e. The van der Waals surface area contributed by atoms with Crippen LogP contribution in [0, 0.1) is 11.3 Å². The number of hydrogen-bond acceptors (Lipinski definition) is 4. The van der Waals surface area contributed by atoms with Crippen molar-refractivity contribution in [3.8, 4) is 11.8 Å². The molecule has 39 heavy (non-hydrogen) atoms. The van der Waals surface area contributed by atoms with Gasteiger partial charge in [-0.15, -0.1) is 0 Å². The first-order valence-corrected chi connectivity index (χ1v) is 13.8. The number of nitriles is 1. The molecule has 5 heteroatoms. The van der Waals surface area contributed by atoms with Gasteiger partial charge in [0.15, 0.2) is 0 Å². The van der Waals surface area contributed by atoms with E-state index in [-0.39, 0.29) is 5.97 Å². The molecule has 0 atom stereocenters. The van der Waals surface area contributed by atoms with Gasteiger partial charge in [0.1, 0.15) is 5.75 Å². The molecule has 0 N–H and O–H groups in total. The Morgan fingerprint density at radius 1 is 0.949 bits per heavy atom. The van der Waals surface area contributed by atoms with Crippen LogP contribution < -0.4 is 4.74 Å². The zero-order chi connectivity index (χ0) is 27.3. The van der Waals surface area contributed by atoms with E-state index in [2.05, 4.69) is 71.3 Å². The van der Waals surface area contributed by atoms with Gasteiger partial charge >= 0.3 is 5.97 Å². The monoisotopic (exact) mass is 520 g/mol. The number of hydrogen-bond donors (Lipinski definition) is 0. The molecule has 0 saturated heterocycles. The van der Waals surface area contributed by atoms with Gasteiger partial charge in [-0.1, -0.05) is 66.7 Å². The van der Waals surface area contributed by atoms with Gasteiger partial charge in [-0.05, 0) is 73.1 Å². The van der Waals surface area contributed by atoms with Crippen LogP contribution in [0.4, 0.5) is 0 Å². The summed E-state index contributed by atoms with van der Waals surface area (Å²) >= 11 is 0. The highest BCUT2D eigenvalue weighted by Gasteiger charge is 2.12. The minimum atomic E-state index is -0.172. The quantitative estimate of drug-likeness (QED) is 0.0974. The zero-order valence-electron chi connectivity index (χ0n) is 22.6. The summed E-state index contributed by atoms with van der Waals surface area (Å²) in [5, 5.41) is 10.5. The highest BCUT2D eigenvalue weighted by molar-refractivity contribution is 5.94. The maximum absolute atomic E-state index is 11.7. The van der Waals surface area contributed by atoms with Crippen molar-refractivity contribution in [3.63, 3.8) is 0 Å². The third kappa shape index (κ3) is 8.09. The zero-order valence-corrected chi connectivity index (χ0v) is 22.6. The standard InChI is InChI=1S/C34H36N2O3/c1-2-38-33(37)15-9-24-36-26-30(22-23-35)34-29(13-8-14-32(34)36)19-16-28-17-20-31(21-18-28)39-25-7-6-12-27-10-4-3-5-11-27/h3-5,8,10-11,13-14,16-21,26H,2,6-7,9,12,15,22,24-25H2,1H3. The van der Waals surface area contributed by atoms with Crippen molar-refractivity contribution in [2.45, 2.75) is 52.0 Å². The third-order valence-electron chi connectivity index (χ3n) is 6.68. The Morgan fingerprint density at radius 3 is 2.54 bits per heavy atom. The molecule has 3 aromatic carbocycles. The minimum Gasteiger partial charge on any atom is -0.494 e. The predicted octanol–water partition coefficient (Wildman–Crippen LogP) is 7.62. The molecule has 4 rings (SSSR count). The number of rotatable bonds is 14. The highest BCUT2D eigenvalue weighted by Crippen LogP contribution is 2.28. The molecule has 0 fully saturated rings. The van der Waals surface area contributed by atoms with Crippen molar-refractivity contribution in [3.05, 3.63) is 101 Å². The second-order valence-electron chi connectivity index (χ2n) is 9.53. The van der Waals surface area contributed by atoms with Crippen molar-refractivity contribution in [2.75, 3.05) is 13.2 Å². The molecule has 0 aliphatic carbocycles. The average molecular weight is 521 g/mol. The van der Waals surface area contributed by atoms with Crippen LogP contribution in [0.2, 0.25) is 0 Å². The van der Waals surface area contributed by atoms with E-state index >= 15 is 0 Å². The van der Waals surface area contributed by atoms with Gasteiger partial charge in [0.25, 0.3) is 0 Å². The summed E-state index contributed by atoms with van der Waals surface area (Å²) in [6.07, 6.45) is 10.9. The molecular weight excluding hydrogens is 484 g/mol. The summed E-state index contributed by atoms with van der Waals surface area (Å²) in [5.41, 5.74) is 5.59. The maximum Gasteiger partial charge on any atom is 0.305 e. The molecule has 5 nitrogen and oxygen atoms in total. The van der Waals surface area contributed by atoms with E-state index in [1.807, 2.05) is 37.4 Å². The third-order valence-corrected chi connectivity index (χ3v) is 6.68. The van der Waals surface area contributed by atoms with Gasteiger partial charge in [0.2, 0.25) is 0 Å². The van der Waals surface area contributed by atoms with E-state index < -0.39 is 0 Å². The van der Waals surface area contributed by atoms with Crippen LogP contribution in [0.3, 0.4) is 0 Å². The molecule has 0 spiro atoms. The fourth-order valence-electron chi connectivity index (χ4n) is 4.77. The van der Waals surface area contributed by atoms with Gasteiger partial charge in [0.05, 0.1) is 25.7 Å². The normalized spacial score (nSPS) is 11.1. The summed E-state index contributed by atoms with van der Waals surface area (Å²) in [6.45, 7) is 3.63. The second-order valence-corrected chi connectivity index (χ2v) is 9.53. The van der Waals surface area contributed by atoms with Gasteiger partial charge in [0, 0.05) is 30.1 Å². The minimum absolute atomic E-state index is 0.172. The smallest absolute Gasteiger partial charge is 0.305 e. The van der Waals surface area contributed by atoms with E-state index in [0.29, 0.717) is 39.0 Å². The van der Waals surface area contributed by atoms with Gasteiger partial charge in [-0.3, -0.25) is 4.79 Å². The molecule has 1 heterocycles. The summed E-state index contributed by atoms with van der Waals surface area (Å²) in [7, 11) is 0. The fraction of sp³-hybridized carbons (Fsp3) is 0.294. The summed E-state index contributed by atoms with van der Waals surface area (Å²) in [4.78, 5) is 11.7. The number of ether oxygens (including phenoxy) is 2. The van der Waals surface area contributed by atoms with E-state index in [1.54, 1.807) is 0 Å². The molecule has 0 saturated carbocycles. The molecule has 0 unspecified atom stereocenters. The number of carbonyl (C=O) groups excluding carboxylic acids is 1. The fourth-order valence-corrected chi connectivity index (χ4v) is 4.77. The Balaban J connectivity index is 1.37. The van der Waals surface area contributed by atoms with Crippen molar-refractivity contribution >= 4 is 29.0 Å². The average Bonchev–Trinajstić information content (AvgIpc) is 3.31. The molecule has 0 aliphatic heterocycles. The lowest BCUT2D eigenvalue weighted by molar-refractivity contribution is -0.143. The Labute approximate surface area is 231 Å². The van der Waals surface area contributed by atoms with Crippen molar-refractivity contribution in [1.82, 2.24) is 4.57 Å². The Morgan fingerprint density at radius 2 is 1.77 bits per heavy atom. The van der Waals surface area contributed by atoms with Crippen LogP contribution >= 0.6 is 0 Å². The number of aryl methyl sites for hydroxylation is 2. The van der Waals surface area contributed by atoms with Gasteiger partial charge in [-0.25, -0.2) is 0 Å². The van der Waals surface area contributed by atoms with Crippen LogP contribution in [-0.4, -0.2) is 23.8 Å². The number of carbonyl (C=O) groups is 1. The molecule has 1 aromatic heterocycles. The Bertz CT molecular complexity index is 1410. The predicted molar refractivity (Wildman–Crippen MR) is 157 cm³/mol. The SMILES string of the molecule is CCOC(=O)CCCn1cc(CC#N)c2c(C=Cc3ccc(OCCCCc4ccccc4)cc3)cccc21. The van der Waals surface area contributed by atoms with Crippen LogP contribution in [0.5, 0.6) is 5.75 Å². The van der Waals surface area contributed by atoms with Crippen LogP contribution in [-0.2, 0) is 28.9 Å². The van der Waals surface area contributed by atoms with Crippen LogP contribution in [0.25, 0.3) is 23.1 Å². The summed E-state index contributed by atoms with van der Waals surface area (Å²) < 4.78 is 13.1. The lowest BCUT2D eigenvalue weighted by Crippen LogP contribution is -2.06. The number of fused-ring (bicyclic) bond motifs is 1. The maximum atomic E-state index is 11.7. The molecule has 0 aliphatic rings. The first-order chi connectivity index (χ1) is 19.2. The number of unbranched alkanes of at least 4 members (excludes halogenated alkanes) is 1. The van der Waals surface area contributed by atoms with Gasteiger partial charge in [-0.2, -0.15) is 5.26 Å². The number of aromatic nitrogens is 1. The summed E-state index contributed by atoms with van der Waals surface area (Å²) in [6, 6.07) is 27.2. The lowest BCUT2D eigenvalue weighted by atomic mass is 10.0. The van der Waals surface area contributed by atoms with E-state index in [0.717, 1.165) is 52.6 Å². The van der Waals surface area contributed by atoms with Crippen molar-refractivity contribution < 1.29 is 14.3 Å². The lowest BCUT2D eigenvalue weighted by Gasteiger charge is -2.07. The van der Waals surface area contributed by atoms with E-state index in [1.165, 1.54) is 5.56 Å². The van der Waals surface area contributed by atoms with Crippen LogP contribution in [0.1, 0.15) is 54.9 Å². The highest BCUT2D eigenvalue weighted by atomic mass is 16.5. The number of esters is 1. The topological polar surface area (TPSA) is 64.2 Å². The van der Waals surface area contributed by atoms with Crippen molar-refractivity contribution in [2.24, 2.45) is 0 Å². The molecule has 0 radical (unpaired) electrons. The van der Waals surface area contributed by atoms with E-state index in [9.17, 15) is 10.1 Å². The number of benzene rings is 3. The Kier molecular flexibility index (Phi) is 10.4. The van der Waals surface area contributed by atoms with E-state index in [4.69, 9.17) is 9.47 Å². The molecule has 200 valence electrons. The van der Waals surface area contributed by atoms with Crippen molar-refractivity contribution in [1.29, 1.82) is 5.26 Å². The van der Waals surface area contributed by atoms with Gasteiger partial charge < -0.3 is 14.0 Å². The number of nitrogens with zero attached hydrogens (tertiary/aromatic N) is 2. The molecule has 0 amide bonds. The molecule has 0 bridgehead atoms. The second kappa shape index (κ2) is 14.6. The first-order valence-electron chi connectivity index (χ1n) is 13.8. The molecular formula is C34H36N2O3. The Hall–Kier alpha value is -4.30. The first kappa shape index (κ1) is 27.7. The summed E-state index contributed by atoms with van der Waals surface area (Å²) in [5.74, 6) is 0.708.